The Kier molecular flexibility index (Phi) is 8.81. The summed E-state index contributed by atoms with van der Waals surface area (Å²) >= 11 is 13.5. The molecule has 3 aromatic carbocycles. The molecule has 0 atom stereocenters. The Balaban J connectivity index is 1.31. The van der Waals surface area contributed by atoms with Gasteiger partial charge >= 0.3 is 0 Å². The van der Waals surface area contributed by atoms with Gasteiger partial charge in [-0.15, -0.1) is 0 Å². The first kappa shape index (κ1) is 23.8. The van der Waals surface area contributed by atoms with Gasteiger partial charge in [0.2, 0.25) is 0 Å². The predicted octanol–water partition coefficient (Wildman–Crippen LogP) is 7.44. The number of nitrogens with zero attached hydrogens (tertiary/aromatic N) is 2. The van der Waals surface area contributed by atoms with Crippen molar-refractivity contribution < 1.29 is 0 Å². The van der Waals surface area contributed by atoms with E-state index >= 15 is 0 Å². The van der Waals surface area contributed by atoms with E-state index in [0.717, 1.165) is 49.0 Å². The summed E-state index contributed by atoms with van der Waals surface area (Å²) in [5, 5.41) is 5.66. The summed E-state index contributed by atoms with van der Waals surface area (Å²) in [6, 6.07) is 29.2. The Bertz CT molecular complexity index is 1030. The van der Waals surface area contributed by atoms with Crippen molar-refractivity contribution in [3.63, 3.8) is 0 Å². The van der Waals surface area contributed by atoms with E-state index in [-0.39, 0.29) is 0 Å². The van der Waals surface area contributed by atoms with Crippen LogP contribution in [0.5, 0.6) is 0 Å². The van der Waals surface area contributed by atoms with Gasteiger partial charge in [0.1, 0.15) is 0 Å². The van der Waals surface area contributed by atoms with Crippen molar-refractivity contribution in [3.05, 3.63) is 101 Å². The van der Waals surface area contributed by atoms with Crippen molar-refractivity contribution in [1.29, 1.82) is 0 Å². The minimum atomic E-state index is 0.423. The zero-order valence-electron chi connectivity index (χ0n) is 18.5. The molecular formula is C27H28ClN3S2. The molecule has 0 aliphatic carbocycles. The summed E-state index contributed by atoms with van der Waals surface area (Å²) in [5.74, 6) is 1.42. The van der Waals surface area contributed by atoms with Gasteiger partial charge in [-0.25, -0.2) is 0 Å². The molecule has 170 valence electrons. The molecule has 1 aliphatic rings. The maximum absolute atomic E-state index is 6.09. The number of halogens is 1. The van der Waals surface area contributed by atoms with E-state index in [9.17, 15) is 0 Å². The highest BCUT2D eigenvalue weighted by molar-refractivity contribution is 8.14. The lowest BCUT2D eigenvalue weighted by atomic mass is 9.87. The predicted molar refractivity (Wildman–Crippen MR) is 148 cm³/mol. The Labute approximate surface area is 211 Å². The number of thioether (sulfide) groups is 1. The zero-order valence-corrected chi connectivity index (χ0v) is 20.9. The van der Waals surface area contributed by atoms with Gasteiger partial charge in [0, 0.05) is 35.5 Å². The number of unbranched alkanes of at least 4 members (excludes halogenated alkanes) is 1. The molecule has 4 rings (SSSR count). The molecule has 0 aromatic heterocycles. The highest BCUT2D eigenvalue weighted by Crippen LogP contribution is 2.29. The number of amidine groups is 1. The molecule has 1 aliphatic heterocycles. The standard InChI is InChI=1S/C27H28ClN3S2/c28-23-14-9-15-24(20-23)30-26(32)31-18-19-33-27(31)29-17-8-7-16-25(21-10-3-1-4-11-21)22-12-5-2-6-13-22/h1-6,9-15,20,25H,7-8,16-19H2,(H,30,32). The molecule has 1 N–H and O–H groups in total. The number of benzene rings is 3. The first-order valence-electron chi connectivity index (χ1n) is 11.3. The van der Waals surface area contributed by atoms with Crippen LogP contribution in [0.1, 0.15) is 36.3 Å². The van der Waals surface area contributed by atoms with Crippen LogP contribution in [0.3, 0.4) is 0 Å². The lowest BCUT2D eigenvalue weighted by Gasteiger charge is -2.20. The number of nitrogens with one attached hydrogen (secondary N) is 1. The Hall–Kier alpha value is -2.34. The highest BCUT2D eigenvalue weighted by Gasteiger charge is 2.23. The topological polar surface area (TPSA) is 27.6 Å². The fourth-order valence-corrected chi connectivity index (χ4v) is 5.53. The lowest BCUT2D eigenvalue weighted by molar-refractivity contribution is 0.627. The summed E-state index contributed by atoms with van der Waals surface area (Å²) in [5.41, 5.74) is 3.66. The minimum absolute atomic E-state index is 0.423. The molecule has 0 radical (unpaired) electrons. The molecule has 3 nitrogen and oxygen atoms in total. The number of rotatable bonds is 8. The highest BCUT2D eigenvalue weighted by atomic mass is 35.5. The van der Waals surface area contributed by atoms with Crippen LogP contribution in [0.25, 0.3) is 0 Å². The molecule has 6 heteroatoms. The first-order valence-corrected chi connectivity index (χ1v) is 13.1. The van der Waals surface area contributed by atoms with Crippen LogP contribution in [0.15, 0.2) is 89.9 Å². The quantitative estimate of drug-likeness (QED) is 0.260. The lowest BCUT2D eigenvalue weighted by Crippen LogP contribution is -2.35. The average molecular weight is 494 g/mol. The second kappa shape index (κ2) is 12.2. The molecule has 0 spiro atoms. The molecular weight excluding hydrogens is 466 g/mol. The summed E-state index contributed by atoms with van der Waals surface area (Å²) in [7, 11) is 0. The van der Waals surface area contributed by atoms with Gasteiger partial charge in [0.15, 0.2) is 10.3 Å². The largest absolute Gasteiger partial charge is 0.332 e. The van der Waals surface area contributed by atoms with Gasteiger partial charge in [0.25, 0.3) is 0 Å². The summed E-state index contributed by atoms with van der Waals surface area (Å²) in [6.07, 6.45) is 3.30. The fourth-order valence-electron chi connectivity index (χ4n) is 4.01. The van der Waals surface area contributed by atoms with Crippen LogP contribution in [-0.4, -0.2) is 34.0 Å². The van der Waals surface area contributed by atoms with E-state index in [2.05, 4.69) is 70.9 Å². The van der Waals surface area contributed by atoms with Crippen LogP contribution in [-0.2, 0) is 0 Å². The van der Waals surface area contributed by atoms with E-state index in [1.165, 1.54) is 11.1 Å². The first-order chi connectivity index (χ1) is 16.2. The number of anilines is 1. The maximum Gasteiger partial charge on any atom is 0.179 e. The van der Waals surface area contributed by atoms with Crippen molar-refractivity contribution in [3.8, 4) is 0 Å². The molecule has 1 heterocycles. The molecule has 1 saturated heterocycles. The smallest absolute Gasteiger partial charge is 0.179 e. The third-order valence-corrected chi connectivity index (χ3v) is 7.20. The Morgan fingerprint density at radius 1 is 0.970 bits per heavy atom. The third kappa shape index (κ3) is 6.83. The fraction of sp³-hybridized carbons (Fsp3) is 0.259. The minimum Gasteiger partial charge on any atom is -0.332 e. The number of hydrogen-bond donors (Lipinski definition) is 1. The van der Waals surface area contributed by atoms with Crippen molar-refractivity contribution >= 4 is 51.5 Å². The summed E-state index contributed by atoms with van der Waals surface area (Å²) < 4.78 is 0. The zero-order chi connectivity index (χ0) is 22.9. The normalized spacial score (nSPS) is 14.7. The van der Waals surface area contributed by atoms with Crippen LogP contribution >= 0.6 is 35.6 Å². The van der Waals surface area contributed by atoms with Gasteiger partial charge in [-0.3, -0.25) is 9.89 Å². The van der Waals surface area contributed by atoms with Crippen molar-refractivity contribution in [2.75, 3.05) is 24.2 Å². The Morgan fingerprint density at radius 2 is 1.67 bits per heavy atom. The molecule has 33 heavy (non-hydrogen) atoms. The van der Waals surface area contributed by atoms with Gasteiger partial charge in [-0.2, -0.15) is 0 Å². The number of thiocarbonyl (C=S) groups is 1. The molecule has 1 fully saturated rings. The van der Waals surface area contributed by atoms with E-state index in [4.69, 9.17) is 28.8 Å². The maximum atomic E-state index is 6.09. The monoisotopic (exact) mass is 493 g/mol. The molecule has 0 bridgehead atoms. The van der Waals surface area contributed by atoms with Crippen molar-refractivity contribution in [2.24, 2.45) is 4.99 Å². The second-order valence-electron chi connectivity index (χ2n) is 7.97. The third-order valence-electron chi connectivity index (χ3n) is 5.65. The number of hydrogen-bond acceptors (Lipinski definition) is 3. The van der Waals surface area contributed by atoms with E-state index in [0.29, 0.717) is 16.1 Å². The molecule has 0 amide bonds. The molecule has 3 aromatic rings. The van der Waals surface area contributed by atoms with E-state index in [1.807, 2.05) is 24.3 Å². The Morgan fingerprint density at radius 3 is 2.33 bits per heavy atom. The van der Waals surface area contributed by atoms with Crippen molar-refractivity contribution in [2.45, 2.75) is 25.2 Å². The van der Waals surface area contributed by atoms with E-state index in [1.54, 1.807) is 11.8 Å². The average Bonchev–Trinajstić information content (AvgIpc) is 3.31. The van der Waals surface area contributed by atoms with Crippen LogP contribution < -0.4 is 5.32 Å². The van der Waals surface area contributed by atoms with Gasteiger partial charge in [-0.05, 0) is 54.4 Å². The van der Waals surface area contributed by atoms with E-state index < -0.39 is 0 Å². The van der Waals surface area contributed by atoms with Crippen molar-refractivity contribution in [1.82, 2.24) is 4.90 Å². The molecule has 0 unspecified atom stereocenters. The second-order valence-corrected chi connectivity index (χ2v) is 9.86. The van der Waals surface area contributed by atoms with Gasteiger partial charge < -0.3 is 5.32 Å². The number of aliphatic imine (C=N–C) groups is 1. The summed E-state index contributed by atoms with van der Waals surface area (Å²) in [4.78, 5) is 6.97. The van der Waals surface area contributed by atoms with Crippen LogP contribution in [0, 0.1) is 0 Å². The van der Waals surface area contributed by atoms with Gasteiger partial charge in [0.05, 0.1) is 0 Å². The van der Waals surface area contributed by atoms with Crippen LogP contribution in [0.4, 0.5) is 5.69 Å². The SMILES string of the molecule is S=C(Nc1cccc(Cl)c1)N1CCSC1=NCCCCC(c1ccccc1)c1ccccc1. The molecule has 0 saturated carbocycles. The summed E-state index contributed by atoms with van der Waals surface area (Å²) in [6.45, 7) is 1.69. The van der Waals surface area contributed by atoms with Crippen LogP contribution in [0.2, 0.25) is 5.02 Å². The van der Waals surface area contributed by atoms with Gasteiger partial charge in [-0.1, -0.05) is 96.5 Å².